The van der Waals surface area contributed by atoms with Crippen molar-refractivity contribution in [3.05, 3.63) is 56.5 Å². The molecular formula is C16H15ClN2O5. The van der Waals surface area contributed by atoms with Gasteiger partial charge in [0.05, 0.1) is 25.5 Å². The highest BCUT2D eigenvalue weighted by Gasteiger charge is 2.19. The second-order valence-electron chi connectivity index (χ2n) is 4.84. The van der Waals surface area contributed by atoms with Gasteiger partial charge in [-0.1, -0.05) is 11.6 Å². The molecular weight excluding hydrogens is 336 g/mol. The number of methoxy groups -OCH3 is 2. The van der Waals surface area contributed by atoms with Crippen LogP contribution in [-0.2, 0) is 4.74 Å². The topological polar surface area (TPSA) is 97.5 Å². The standard InChI is InChI=1S/C16H15ClN2O5/c1-8-10(16(22)24-3)7-11(14(20)18-8)15(21)19-12-6-9(17)4-5-13(12)23-2/h4-7H,1-3H3,(H,18,20)(H,19,21). The summed E-state index contributed by atoms with van der Waals surface area (Å²) in [7, 11) is 2.65. The Bertz CT molecular complexity index is 860. The first-order valence-corrected chi connectivity index (χ1v) is 7.22. The summed E-state index contributed by atoms with van der Waals surface area (Å²) < 4.78 is 9.76. The summed E-state index contributed by atoms with van der Waals surface area (Å²) in [6.45, 7) is 1.54. The first kappa shape index (κ1) is 17.6. The second-order valence-corrected chi connectivity index (χ2v) is 5.28. The third kappa shape index (κ3) is 3.57. The Morgan fingerprint density at radius 1 is 1.17 bits per heavy atom. The summed E-state index contributed by atoms with van der Waals surface area (Å²) in [5.41, 5.74) is -0.152. The van der Waals surface area contributed by atoms with Crippen LogP contribution in [0.3, 0.4) is 0 Å². The van der Waals surface area contributed by atoms with E-state index in [9.17, 15) is 14.4 Å². The largest absolute Gasteiger partial charge is 0.495 e. The molecule has 0 atom stereocenters. The predicted molar refractivity (Wildman–Crippen MR) is 89.1 cm³/mol. The van der Waals surface area contributed by atoms with Gasteiger partial charge in [-0.3, -0.25) is 9.59 Å². The Morgan fingerprint density at radius 3 is 2.50 bits per heavy atom. The van der Waals surface area contributed by atoms with Gasteiger partial charge in [0.25, 0.3) is 11.5 Å². The van der Waals surface area contributed by atoms with Gasteiger partial charge in [-0.15, -0.1) is 0 Å². The van der Waals surface area contributed by atoms with Gasteiger partial charge in [0.15, 0.2) is 0 Å². The van der Waals surface area contributed by atoms with Gasteiger partial charge in [0, 0.05) is 10.7 Å². The minimum Gasteiger partial charge on any atom is -0.495 e. The average Bonchev–Trinajstić information content (AvgIpc) is 2.54. The summed E-state index contributed by atoms with van der Waals surface area (Å²) in [5, 5.41) is 2.93. The van der Waals surface area contributed by atoms with Crippen molar-refractivity contribution in [3.8, 4) is 5.75 Å². The van der Waals surface area contributed by atoms with Gasteiger partial charge in [-0.25, -0.2) is 4.79 Å². The Kier molecular flexibility index (Phi) is 5.25. The van der Waals surface area contributed by atoms with Crippen molar-refractivity contribution in [2.75, 3.05) is 19.5 Å². The Labute approximate surface area is 142 Å². The third-order valence-electron chi connectivity index (χ3n) is 3.30. The van der Waals surface area contributed by atoms with Crippen LogP contribution < -0.4 is 15.6 Å². The summed E-state index contributed by atoms with van der Waals surface area (Å²) >= 11 is 5.90. The zero-order chi connectivity index (χ0) is 17.9. The number of ether oxygens (including phenoxy) is 2. The smallest absolute Gasteiger partial charge is 0.339 e. The summed E-state index contributed by atoms with van der Waals surface area (Å²) in [6, 6.07) is 5.86. The zero-order valence-electron chi connectivity index (χ0n) is 13.2. The summed E-state index contributed by atoms with van der Waals surface area (Å²) in [6.07, 6.45) is 0. The highest BCUT2D eigenvalue weighted by Crippen LogP contribution is 2.28. The van der Waals surface area contributed by atoms with E-state index in [2.05, 4.69) is 15.0 Å². The molecule has 2 N–H and O–H groups in total. The first-order valence-electron chi connectivity index (χ1n) is 6.84. The van der Waals surface area contributed by atoms with Crippen LogP contribution in [0, 0.1) is 6.92 Å². The van der Waals surface area contributed by atoms with Crippen molar-refractivity contribution in [2.45, 2.75) is 6.92 Å². The average molecular weight is 351 g/mol. The summed E-state index contributed by atoms with van der Waals surface area (Å²) in [5.74, 6) is -0.982. The number of esters is 1. The van der Waals surface area contributed by atoms with Gasteiger partial charge in [-0.2, -0.15) is 0 Å². The zero-order valence-corrected chi connectivity index (χ0v) is 14.0. The number of carbonyl (C=O) groups is 2. The Balaban J connectivity index is 2.42. The van der Waals surface area contributed by atoms with E-state index in [0.717, 1.165) is 0 Å². The number of halogens is 1. The lowest BCUT2D eigenvalue weighted by Crippen LogP contribution is -2.25. The minimum atomic E-state index is -0.707. The maximum atomic E-state index is 12.4. The molecule has 1 amide bonds. The van der Waals surface area contributed by atoms with E-state index in [0.29, 0.717) is 22.2 Å². The van der Waals surface area contributed by atoms with Gasteiger partial charge < -0.3 is 19.8 Å². The fraction of sp³-hybridized carbons (Fsp3) is 0.188. The molecule has 1 heterocycles. The van der Waals surface area contributed by atoms with E-state index in [4.69, 9.17) is 16.3 Å². The molecule has 8 heteroatoms. The predicted octanol–water partition coefficient (Wildman–Crippen LogP) is 2.38. The van der Waals surface area contributed by atoms with Crippen LogP contribution >= 0.6 is 11.6 Å². The van der Waals surface area contributed by atoms with E-state index in [1.165, 1.54) is 33.3 Å². The van der Waals surface area contributed by atoms with E-state index in [1.807, 2.05) is 0 Å². The minimum absolute atomic E-state index is 0.0975. The van der Waals surface area contributed by atoms with Crippen molar-refractivity contribution < 1.29 is 19.1 Å². The quantitative estimate of drug-likeness (QED) is 0.825. The fourth-order valence-corrected chi connectivity index (χ4v) is 2.25. The Hall–Kier alpha value is -2.80. The number of aromatic nitrogens is 1. The number of amides is 1. The van der Waals surface area contributed by atoms with Crippen molar-refractivity contribution in [1.82, 2.24) is 4.98 Å². The lowest BCUT2D eigenvalue weighted by molar-refractivity contribution is 0.0599. The molecule has 0 saturated carbocycles. The molecule has 0 aliphatic rings. The van der Waals surface area contributed by atoms with Gasteiger partial charge >= 0.3 is 5.97 Å². The van der Waals surface area contributed by atoms with Crippen molar-refractivity contribution >= 4 is 29.2 Å². The van der Waals surface area contributed by atoms with Crippen molar-refractivity contribution in [1.29, 1.82) is 0 Å². The van der Waals surface area contributed by atoms with E-state index in [-0.39, 0.29) is 11.1 Å². The maximum Gasteiger partial charge on any atom is 0.339 e. The number of H-pyrrole nitrogens is 1. The maximum absolute atomic E-state index is 12.4. The normalized spacial score (nSPS) is 10.2. The van der Waals surface area contributed by atoms with Crippen molar-refractivity contribution in [3.63, 3.8) is 0 Å². The van der Waals surface area contributed by atoms with Gasteiger partial charge in [-0.05, 0) is 31.2 Å². The fourth-order valence-electron chi connectivity index (χ4n) is 2.08. The van der Waals surface area contributed by atoms with Crippen LogP contribution in [0.25, 0.3) is 0 Å². The highest BCUT2D eigenvalue weighted by molar-refractivity contribution is 6.31. The van der Waals surface area contributed by atoms with Crippen LogP contribution in [0.5, 0.6) is 5.75 Å². The second kappa shape index (κ2) is 7.18. The molecule has 2 rings (SSSR count). The van der Waals surface area contributed by atoms with Crippen LogP contribution in [0.1, 0.15) is 26.4 Å². The highest BCUT2D eigenvalue weighted by atomic mass is 35.5. The lowest BCUT2D eigenvalue weighted by Gasteiger charge is -2.11. The molecule has 0 aliphatic carbocycles. The molecule has 1 aromatic heterocycles. The van der Waals surface area contributed by atoms with E-state index < -0.39 is 17.4 Å². The first-order chi connectivity index (χ1) is 11.4. The number of aryl methyl sites for hydroxylation is 1. The molecule has 0 spiro atoms. The number of hydrogen-bond acceptors (Lipinski definition) is 5. The molecule has 24 heavy (non-hydrogen) atoms. The number of hydrogen-bond donors (Lipinski definition) is 2. The molecule has 1 aromatic carbocycles. The van der Waals surface area contributed by atoms with Crippen LogP contribution in [-0.4, -0.2) is 31.1 Å². The molecule has 2 aromatic rings. The molecule has 0 aliphatic heterocycles. The third-order valence-corrected chi connectivity index (χ3v) is 3.53. The van der Waals surface area contributed by atoms with Crippen LogP contribution in [0.15, 0.2) is 29.1 Å². The molecule has 0 unspecified atom stereocenters. The van der Waals surface area contributed by atoms with E-state index in [1.54, 1.807) is 12.1 Å². The number of pyridine rings is 1. The summed E-state index contributed by atoms with van der Waals surface area (Å²) in [4.78, 5) is 38.6. The molecule has 0 bridgehead atoms. The van der Waals surface area contributed by atoms with Gasteiger partial charge in [0.1, 0.15) is 11.3 Å². The number of aromatic amines is 1. The number of anilines is 1. The number of benzene rings is 1. The molecule has 0 fully saturated rings. The number of rotatable bonds is 4. The monoisotopic (exact) mass is 350 g/mol. The molecule has 0 radical (unpaired) electrons. The Morgan fingerprint density at radius 2 is 1.88 bits per heavy atom. The molecule has 0 saturated heterocycles. The number of nitrogens with one attached hydrogen (secondary N) is 2. The SMILES string of the molecule is COC(=O)c1cc(C(=O)Nc2cc(Cl)ccc2OC)c(=O)[nH]c1C. The molecule has 7 nitrogen and oxygen atoms in total. The van der Waals surface area contributed by atoms with E-state index >= 15 is 0 Å². The van der Waals surface area contributed by atoms with Gasteiger partial charge in [0.2, 0.25) is 0 Å². The number of carbonyl (C=O) groups excluding carboxylic acids is 2. The van der Waals surface area contributed by atoms with Crippen LogP contribution in [0.2, 0.25) is 5.02 Å². The molecule has 126 valence electrons. The van der Waals surface area contributed by atoms with Crippen molar-refractivity contribution in [2.24, 2.45) is 0 Å². The lowest BCUT2D eigenvalue weighted by atomic mass is 10.1. The van der Waals surface area contributed by atoms with Crippen LogP contribution in [0.4, 0.5) is 5.69 Å².